The summed E-state index contributed by atoms with van der Waals surface area (Å²) >= 11 is 0. The third-order valence-corrected chi connectivity index (χ3v) is 2.66. The highest BCUT2D eigenvalue weighted by Gasteiger charge is 2.23. The van der Waals surface area contributed by atoms with E-state index in [2.05, 4.69) is 6.92 Å². The van der Waals surface area contributed by atoms with Crippen LogP contribution in [0, 0.1) is 0 Å². The van der Waals surface area contributed by atoms with Gasteiger partial charge in [0.2, 0.25) is 0 Å². The molecule has 1 unspecified atom stereocenters. The Morgan fingerprint density at radius 1 is 1.25 bits per heavy atom. The second-order valence-electron chi connectivity index (χ2n) is 4.04. The number of hydrogen-bond acceptors (Lipinski definition) is 2. The van der Waals surface area contributed by atoms with Crippen LogP contribution in [0.1, 0.15) is 33.1 Å². The zero-order valence-electron chi connectivity index (χ0n) is 10.6. The molecule has 0 aliphatic rings. The van der Waals surface area contributed by atoms with Crippen LogP contribution in [0.5, 0.6) is 0 Å². The van der Waals surface area contributed by atoms with E-state index in [1.54, 1.807) is 11.9 Å². The van der Waals surface area contributed by atoms with Crippen LogP contribution in [-0.2, 0) is 4.79 Å². The van der Waals surface area contributed by atoms with Crippen molar-refractivity contribution in [2.45, 2.75) is 39.2 Å². The molecule has 1 atom stereocenters. The van der Waals surface area contributed by atoms with Gasteiger partial charge in [-0.05, 0) is 13.3 Å². The first-order valence-corrected chi connectivity index (χ1v) is 5.62. The third-order valence-electron chi connectivity index (χ3n) is 2.66. The number of hydrogen-bond donors (Lipinski definition) is 1. The van der Waals surface area contributed by atoms with Gasteiger partial charge in [-0.15, -0.1) is 0 Å². The molecule has 16 heavy (non-hydrogen) atoms. The van der Waals surface area contributed by atoms with Gasteiger partial charge < -0.3 is 14.9 Å². The number of unbranched alkanes of at least 4 members (excludes halogenated alkanes) is 2. The average Bonchev–Trinajstić information content (AvgIpc) is 2.26. The van der Waals surface area contributed by atoms with Gasteiger partial charge in [0, 0.05) is 20.6 Å². The van der Waals surface area contributed by atoms with E-state index in [1.807, 2.05) is 0 Å². The van der Waals surface area contributed by atoms with Crippen molar-refractivity contribution >= 4 is 12.0 Å². The molecule has 0 bridgehead atoms. The quantitative estimate of drug-likeness (QED) is 0.705. The highest BCUT2D eigenvalue weighted by atomic mass is 16.4. The fourth-order valence-corrected chi connectivity index (χ4v) is 1.30. The first-order chi connectivity index (χ1) is 7.41. The van der Waals surface area contributed by atoms with Crippen LogP contribution in [0.3, 0.4) is 0 Å². The van der Waals surface area contributed by atoms with Gasteiger partial charge in [0.05, 0.1) is 0 Å². The maximum absolute atomic E-state index is 11.8. The van der Waals surface area contributed by atoms with Crippen LogP contribution in [0.2, 0.25) is 0 Å². The number of carboxylic acids is 1. The van der Waals surface area contributed by atoms with Crippen LogP contribution >= 0.6 is 0 Å². The van der Waals surface area contributed by atoms with E-state index >= 15 is 0 Å². The first kappa shape index (κ1) is 14.7. The lowest BCUT2D eigenvalue weighted by molar-refractivity contribution is -0.141. The second-order valence-corrected chi connectivity index (χ2v) is 4.04. The molecule has 0 spiro atoms. The highest BCUT2D eigenvalue weighted by Crippen LogP contribution is 2.03. The molecule has 0 rings (SSSR count). The number of nitrogens with zero attached hydrogens (tertiary/aromatic N) is 2. The van der Waals surface area contributed by atoms with Gasteiger partial charge in [0.25, 0.3) is 0 Å². The Balaban J connectivity index is 4.16. The van der Waals surface area contributed by atoms with E-state index in [-0.39, 0.29) is 6.03 Å². The lowest BCUT2D eigenvalue weighted by atomic mass is 10.2. The van der Waals surface area contributed by atoms with E-state index in [0.29, 0.717) is 6.54 Å². The molecule has 94 valence electrons. The Bertz CT molecular complexity index is 243. The first-order valence-electron chi connectivity index (χ1n) is 5.62. The minimum Gasteiger partial charge on any atom is -0.480 e. The Morgan fingerprint density at radius 2 is 1.81 bits per heavy atom. The smallest absolute Gasteiger partial charge is 0.326 e. The molecule has 1 N–H and O–H groups in total. The maximum atomic E-state index is 11.8. The van der Waals surface area contributed by atoms with Gasteiger partial charge in [0.15, 0.2) is 0 Å². The highest BCUT2D eigenvalue weighted by molar-refractivity contribution is 5.82. The summed E-state index contributed by atoms with van der Waals surface area (Å²) in [7, 11) is 3.21. The van der Waals surface area contributed by atoms with Crippen molar-refractivity contribution in [2.24, 2.45) is 0 Å². The SMILES string of the molecule is CCCCCN(C)C(=O)N(C)C(C)C(=O)O. The van der Waals surface area contributed by atoms with Crippen LogP contribution in [0.4, 0.5) is 4.79 Å². The standard InChI is InChI=1S/C11H22N2O3/c1-5-6-7-8-12(3)11(16)13(4)9(2)10(14)15/h9H,5-8H2,1-4H3,(H,14,15). The Hall–Kier alpha value is -1.26. The number of urea groups is 1. The summed E-state index contributed by atoms with van der Waals surface area (Å²) in [6.07, 6.45) is 3.13. The summed E-state index contributed by atoms with van der Waals surface area (Å²) in [5.41, 5.74) is 0. The normalized spacial score (nSPS) is 12.0. The topological polar surface area (TPSA) is 60.9 Å². The molecular weight excluding hydrogens is 208 g/mol. The predicted octanol–water partition coefficient (Wildman–Crippen LogP) is 1.63. The molecule has 5 nitrogen and oxygen atoms in total. The van der Waals surface area contributed by atoms with Crippen LogP contribution in [-0.4, -0.2) is 53.6 Å². The zero-order chi connectivity index (χ0) is 12.7. The molecule has 5 heteroatoms. The van der Waals surface area contributed by atoms with Crippen molar-refractivity contribution in [3.63, 3.8) is 0 Å². The number of aliphatic carboxylic acids is 1. The van der Waals surface area contributed by atoms with Gasteiger partial charge in [-0.2, -0.15) is 0 Å². The monoisotopic (exact) mass is 230 g/mol. The number of likely N-dealkylation sites (N-methyl/N-ethyl adjacent to an activating group) is 1. The molecule has 0 aromatic heterocycles. The van der Waals surface area contributed by atoms with Crippen LogP contribution in [0.15, 0.2) is 0 Å². The summed E-state index contributed by atoms with van der Waals surface area (Å²) in [5.74, 6) is -0.988. The lowest BCUT2D eigenvalue weighted by Gasteiger charge is -2.27. The summed E-state index contributed by atoms with van der Waals surface area (Å²) in [6.45, 7) is 4.27. The molecular formula is C11H22N2O3. The van der Waals surface area contributed by atoms with E-state index < -0.39 is 12.0 Å². The summed E-state index contributed by atoms with van der Waals surface area (Å²) in [5, 5.41) is 8.78. The van der Waals surface area contributed by atoms with E-state index in [4.69, 9.17) is 5.11 Å². The van der Waals surface area contributed by atoms with Crippen molar-refractivity contribution in [1.82, 2.24) is 9.80 Å². The van der Waals surface area contributed by atoms with Gasteiger partial charge in [-0.3, -0.25) is 0 Å². The van der Waals surface area contributed by atoms with Gasteiger partial charge >= 0.3 is 12.0 Å². The number of carbonyl (C=O) groups is 2. The van der Waals surface area contributed by atoms with Crippen molar-refractivity contribution in [3.8, 4) is 0 Å². The average molecular weight is 230 g/mol. The largest absolute Gasteiger partial charge is 0.480 e. The molecule has 0 aromatic carbocycles. The van der Waals surface area contributed by atoms with Gasteiger partial charge in [-0.1, -0.05) is 19.8 Å². The van der Waals surface area contributed by atoms with Crippen LogP contribution < -0.4 is 0 Å². The van der Waals surface area contributed by atoms with E-state index in [1.165, 1.54) is 18.9 Å². The van der Waals surface area contributed by atoms with Gasteiger partial charge in [0.1, 0.15) is 6.04 Å². The van der Waals surface area contributed by atoms with E-state index in [9.17, 15) is 9.59 Å². The predicted molar refractivity (Wildman–Crippen MR) is 62.4 cm³/mol. The minimum atomic E-state index is -0.988. The van der Waals surface area contributed by atoms with Crippen molar-refractivity contribution in [1.29, 1.82) is 0 Å². The molecule has 2 amide bonds. The summed E-state index contributed by atoms with van der Waals surface area (Å²) < 4.78 is 0. The number of carboxylic acid groups (broad SMARTS) is 1. The summed E-state index contributed by atoms with van der Waals surface area (Å²) in [4.78, 5) is 25.3. The van der Waals surface area contributed by atoms with E-state index in [0.717, 1.165) is 19.3 Å². The maximum Gasteiger partial charge on any atom is 0.326 e. The fourth-order valence-electron chi connectivity index (χ4n) is 1.30. The third kappa shape index (κ3) is 4.51. The molecule has 0 fully saturated rings. The summed E-state index contributed by atoms with van der Waals surface area (Å²) in [6, 6.07) is -1.04. The van der Waals surface area contributed by atoms with Crippen molar-refractivity contribution < 1.29 is 14.7 Å². The second kappa shape index (κ2) is 7.09. The number of rotatable bonds is 6. The molecule has 0 aliphatic carbocycles. The Morgan fingerprint density at radius 3 is 2.25 bits per heavy atom. The number of carbonyl (C=O) groups excluding carboxylic acids is 1. The van der Waals surface area contributed by atoms with Crippen LogP contribution in [0.25, 0.3) is 0 Å². The molecule has 0 aliphatic heterocycles. The molecule has 0 saturated carbocycles. The van der Waals surface area contributed by atoms with Crippen molar-refractivity contribution in [2.75, 3.05) is 20.6 Å². The molecule has 0 saturated heterocycles. The lowest BCUT2D eigenvalue weighted by Crippen LogP contribution is -2.46. The van der Waals surface area contributed by atoms with Gasteiger partial charge in [-0.25, -0.2) is 9.59 Å². The molecule has 0 aromatic rings. The van der Waals surface area contributed by atoms with Crippen molar-refractivity contribution in [3.05, 3.63) is 0 Å². The Labute approximate surface area is 97.0 Å². The Kier molecular flexibility index (Phi) is 6.53. The number of amides is 2. The fraction of sp³-hybridized carbons (Fsp3) is 0.818. The minimum absolute atomic E-state index is 0.244. The molecule has 0 radical (unpaired) electrons. The zero-order valence-corrected chi connectivity index (χ0v) is 10.6. The molecule has 0 heterocycles.